The number of thiocarbonyl (C=S) groups is 1. The van der Waals surface area contributed by atoms with E-state index < -0.39 is 0 Å². The zero-order chi connectivity index (χ0) is 14.5. The molecule has 0 amide bonds. The highest BCUT2D eigenvalue weighted by Crippen LogP contribution is 2.24. The minimum Gasteiger partial charge on any atom is -0.491 e. The molecular weight excluding hydrogens is 270 g/mol. The number of nitrogens with two attached hydrogens (primary N) is 1. The van der Waals surface area contributed by atoms with Gasteiger partial charge in [-0.25, -0.2) is 0 Å². The summed E-state index contributed by atoms with van der Waals surface area (Å²) in [5.41, 5.74) is 7.09. The lowest BCUT2D eigenvalue weighted by molar-refractivity contribution is 0.214. The SMILES string of the molecule is CC(C)Oc1ccc(C(C(N)=S)N2CCNCC2)cc1. The van der Waals surface area contributed by atoms with Crippen molar-refractivity contribution in [3.63, 3.8) is 0 Å². The third-order valence-corrected chi connectivity index (χ3v) is 3.58. The molecule has 0 aromatic heterocycles. The van der Waals surface area contributed by atoms with Gasteiger partial charge in [0.05, 0.1) is 17.1 Å². The largest absolute Gasteiger partial charge is 0.491 e. The molecule has 1 unspecified atom stereocenters. The zero-order valence-electron chi connectivity index (χ0n) is 12.1. The van der Waals surface area contributed by atoms with Crippen LogP contribution in [0.15, 0.2) is 24.3 Å². The normalized spacial score (nSPS) is 17.9. The second kappa shape index (κ2) is 7.02. The summed E-state index contributed by atoms with van der Waals surface area (Å²) in [7, 11) is 0. The summed E-state index contributed by atoms with van der Waals surface area (Å²) in [6.07, 6.45) is 0.181. The Kier molecular flexibility index (Phi) is 5.34. The van der Waals surface area contributed by atoms with Crippen LogP contribution in [0.5, 0.6) is 5.75 Å². The fourth-order valence-electron chi connectivity index (χ4n) is 2.50. The molecule has 5 heteroatoms. The summed E-state index contributed by atoms with van der Waals surface area (Å²) in [6.45, 7) is 7.93. The van der Waals surface area contributed by atoms with E-state index in [1.54, 1.807) is 0 Å². The fraction of sp³-hybridized carbons (Fsp3) is 0.533. The number of piperazine rings is 1. The quantitative estimate of drug-likeness (QED) is 0.809. The average molecular weight is 293 g/mol. The van der Waals surface area contributed by atoms with Crippen molar-refractivity contribution in [2.45, 2.75) is 26.0 Å². The maximum absolute atomic E-state index is 5.96. The van der Waals surface area contributed by atoms with Gasteiger partial charge in [0.25, 0.3) is 0 Å². The van der Waals surface area contributed by atoms with Gasteiger partial charge in [-0.15, -0.1) is 0 Å². The highest BCUT2D eigenvalue weighted by atomic mass is 32.1. The van der Waals surface area contributed by atoms with Crippen molar-refractivity contribution in [3.8, 4) is 5.75 Å². The molecule has 0 radical (unpaired) electrons. The number of hydrogen-bond donors (Lipinski definition) is 2. The maximum atomic E-state index is 5.96. The maximum Gasteiger partial charge on any atom is 0.119 e. The Bertz CT molecular complexity index is 441. The molecule has 1 atom stereocenters. The van der Waals surface area contributed by atoms with Gasteiger partial charge < -0.3 is 15.8 Å². The summed E-state index contributed by atoms with van der Waals surface area (Å²) in [6, 6.07) is 8.11. The lowest BCUT2D eigenvalue weighted by Gasteiger charge is -2.34. The van der Waals surface area contributed by atoms with Crippen molar-refractivity contribution in [1.29, 1.82) is 0 Å². The Hall–Kier alpha value is -1.17. The van der Waals surface area contributed by atoms with Gasteiger partial charge in [0.2, 0.25) is 0 Å². The Morgan fingerprint density at radius 3 is 2.35 bits per heavy atom. The fourth-order valence-corrected chi connectivity index (χ4v) is 2.78. The molecule has 0 aliphatic carbocycles. The molecule has 1 heterocycles. The van der Waals surface area contributed by atoms with Crippen LogP contribution in [0, 0.1) is 0 Å². The van der Waals surface area contributed by atoms with Gasteiger partial charge in [0, 0.05) is 26.2 Å². The van der Waals surface area contributed by atoms with Crippen molar-refractivity contribution in [1.82, 2.24) is 10.2 Å². The molecule has 20 heavy (non-hydrogen) atoms. The van der Waals surface area contributed by atoms with E-state index in [-0.39, 0.29) is 12.1 Å². The number of rotatable bonds is 5. The molecule has 1 aromatic carbocycles. The van der Waals surface area contributed by atoms with Crippen LogP contribution >= 0.6 is 12.2 Å². The van der Waals surface area contributed by atoms with Crippen LogP contribution in [0.3, 0.4) is 0 Å². The van der Waals surface area contributed by atoms with Gasteiger partial charge >= 0.3 is 0 Å². The molecule has 110 valence electrons. The number of ether oxygens (including phenoxy) is 1. The van der Waals surface area contributed by atoms with E-state index in [9.17, 15) is 0 Å². The van der Waals surface area contributed by atoms with Crippen molar-refractivity contribution >= 4 is 17.2 Å². The second-order valence-corrected chi connectivity index (χ2v) is 5.80. The van der Waals surface area contributed by atoms with E-state index in [2.05, 4.69) is 22.3 Å². The van der Waals surface area contributed by atoms with Crippen LogP contribution in [-0.4, -0.2) is 42.2 Å². The Morgan fingerprint density at radius 1 is 1.25 bits per heavy atom. The number of nitrogens with zero attached hydrogens (tertiary/aromatic N) is 1. The lowest BCUT2D eigenvalue weighted by Crippen LogP contribution is -2.48. The van der Waals surface area contributed by atoms with Crippen molar-refractivity contribution in [2.75, 3.05) is 26.2 Å². The van der Waals surface area contributed by atoms with Crippen LogP contribution in [0.25, 0.3) is 0 Å². The molecule has 2 rings (SSSR count). The minimum atomic E-state index is 0.0141. The number of nitrogens with one attached hydrogen (secondary N) is 1. The number of benzene rings is 1. The third kappa shape index (κ3) is 3.91. The first-order valence-corrected chi connectivity index (χ1v) is 7.49. The topological polar surface area (TPSA) is 50.5 Å². The van der Waals surface area contributed by atoms with Crippen LogP contribution in [0.2, 0.25) is 0 Å². The van der Waals surface area contributed by atoms with Crippen LogP contribution in [-0.2, 0) is 0 Å². The lowest BCUT2D eigenvalue weighted by atomic mass is 10.0. The van der Waals surface area contributed by atoms with E-state index in [4.69, 9.17) is 22.7 Å². The zero-order valence-corrected chi connectivity index (χ0v) is 13.0. The minimum absolute atomic E-state index is 0.0141. The molecule has 0 saturated carbocycles. The second-order valence-electron chi connectivity index (χ2n) is 5.33. The highest BCUT2D eigenvalue weighted by molar-refractivity contribution is 7.80. The number of hydrogen-bond acceptors (Lipinski definition) is 4. The smallest absolute Gasteiger partial charge is 0.119 e. The summed E-state index contributed by atoms with van der Waals surface area (Å²) < 4.78 is 5.67. The standard InChI is InChI=1S/C15H23N3OS/c1-11(2)19-13-5-3-12(4-6-13)14(15(16)20)18-9-7-17-8-10-18/h3-6,11,14,17H,7-10H2,1-2H3,(H2,16,20). The van der Waals surface area contributed by atoms with Gasteiger partial charge in [0.1, 0.15) is 5.75 Å². The molecular formula is C15H23N3OS. The molecule has 0 bridgehead atoms. The summed E-state index contributed by atoms with van der Waals surface area (Å²) in [5.74, 6) is 0.880. The van der Waals surface area contributed by atoms with Crippen LogP contribution < -0.4 is 15.8 Å². The molecule has 1 aromatic rings. The molecule has 1 saturated heterocycles. The summed E-state index contributed by atoms with van der Waals surface area (Å²) in [5, 5.41) is 3.34. The first-order valence-electron chi connectivity index (χ1n) is 7.08. The Labute approximate surface area is 126 Å². The molecule has 1 aliphatic heterocycles. The molecule has 0 spiro atoms. The van der Waals surface area contributed by atoms with Gasteiger partial charge in [-0.2, -0.15) is 0 Å². The Morgan fingerprint density at radius 2 is 1.85 bits per heavy atom. The molecule has 1 fully saturated rings. The van der Waals surface area contributed by atoms with Gasteiger partial charge in [-0.3, -0.25) is 4.90 Å². The summed E-state index contributed by atoms with van der Waals surface area (Å²) in [4.78, 5) is 2.86. The molecule has 1 aliphatic rings. The van der Waals surface area contributed by atoms with Crippen molar-refractivity contribution < 1.29 is 4.74 Å². The van der Waals surface area contributed by atoms with Crippen molar-refractivity contribution in [2.24, 2.45) is 5.73 Å². The predicted octanol–water partition coefficient (Wildman–Crippen LogP) is 1.71. The van der Waals surface area contributed by atoms with E-state index in [1.807, 2.05) is 26.0 Å². The van der Waals surface area contributed by atoms with Gasteiger partial charge in [0.15, 0.2) is 0 Å². The molecule has 4 nitrogen and oxygen atoms in total. The van der Waals surface area contributed by atoms with Gasteiger partial charge in [-0.05, 0) is 31.5 Å². The van der Waals surface area contributed by atoms with E-state index in [0.29, 0.717) is 4.99 Å². The highest BCUT2D eigenvalue weighted by Gasteiger charge is 2.24. The first-order chi connectivity index (χ1) is 9.58. The summed E-state index contributed by atoms with van der Waals surface area (Å²) >= 11 is 5.27. The predicted molar refractivity (Wildman–Crippen MR) is 86.2 cm³/mol. The van der Waals surface area contributed by atoms with E-state index in [1.165, 1.54) is 0 Å². The monoisotopic (exact) mass is 293 g/mol. The third-order valence-electron chi connectivity index (χ3n) is 3.35. The van der Waals surface area contributed by atoms with E-state index in [0.717, 1.165) is 37.5 Å². The van der Waals surface area contributed by atoms with E-state index >= 15 is 0 Å². The van der Waals surface area contributed by atoms with Gasteiger partial charge in [-0.1, -0.05) is 24.4 Å². The molecule has 3 N–H and O–H groups in total. The van der Waals surface area contributed by atoms with Crippen LogP contribution in [0.4, 0.5) is 0 Å². The van der Waals surface area contributed by atoms with Crippen LogP contribution in [0.1, 0.15) is 25.5 Å². The Balaban J connectivity index is 2.14. The first kappa shape index (κ1) is 15.2. The average Bonchev–Trinajstić information content (AvgIpc) is 2.41. The van der Waals surface area contributed by atoms with Crippen molar-refractivity contribution in [3.05, 3.63) is 29.8 Å².